The van der Waals surface area contributed by atoms with Gasteiger partial charge in [0, 0.05) is 25.8 Å². The number of rotatable bonds is 5. The van der Waals surface area contributed by atoms with Crippen LogP contribution in [0.25, 0.3) is 0 Å². The van der Waals surface area contributed by atoms with E-state index in [1.807, 2.05) is 0 Å². The van der Waals surface area contributed by atoms with Gasteiger partial charge in [0.1, 0.15) is 0 Å². The zero-order valence-corrected chi connectivity index (χ0v) is 10.4. The first kappa shape index (κ1) is 13.1. The Morgan fingerprint density at radius 1 is 1.31 bits per heavy atom. The van der Waals surface area contributed by atoms with Crippen molar-refractivity contribution in [2.24, 2.45) is 5.73 Å². The van der Waals surface area contributed by atoms with E-state index >= 15 is 0 Å². The van der Waals surface area contributed by atoms with E-state index in [-0.39, 0.29) is 5.03 Å². The molecule has 90 valence electrons. The molecule has 1 aromatic heterocycles. The van der Waals surface area contributed by atoms with Crippen molar-refractivity contribution in [1.82, 2.24) is 9.29 Å². The second-order valence-electron chi connectivity index (χ2n) is 3.30. The highest BCUT2D eigenvalue weighted by atomic mass is 32.2. The van der Waals surface area contributed by atoms with Crippen LogP contribution in [0.5, 0.6) is 0 Å². The van der Waals surface area contributed by atoms with Crippen molar-refractivity contribution >= 4 is 10.0 Å². The first-order valence-corrected chi connectivity index (χ1v) is 6.65. The Morgan fingerprint density at radius 3 is 2.31 bits per heavy atom. The van der Waals surface area contributed by atoms with Crippen LogP contribution >= 0.6 is 0 Å². The fourth-order valence-corrected chi connectivity index (χ4v) is 2.75. The second-order valence-corrected chi connectivity index (χ2v) is 5.18. The molecule has 2 N–H and O–H groups in total. The molecule has 0 fully saturated rings. The Labute approximate surface area is 96.3 Å². The largest absolute Gasteiger partial charge is 0.326 e. The van der Waals surface area contributed by atoms with E-state index < -0.39 is 10.0 Å². The molecule has 0 saturated carbocycles. The lowest BCUT2D eigenvalue weighted by molar-refractivity contribution is 0.442. The van der Waals surface area contributed by atoms with Gasteiger partial charge in [-0.25, -0.2) is 13.4 Å². The van der Waals surface area contributed by atoms with Gasteiger partial charge in [0.05, 0.1) is 0 Å². The molecule has 1 aromatic rings. The molecule has 1 rings (SSSR count). The number of nitrogens with two attached hydrogens (primary N) is 1. The molecular weight excluding hydrogens is 226 g/mol. The maximum Gasteiger partial charge on any atom is 0.260 e. The summed E-state index contributed by atoms with van der Waals surface area (Å²) < 4.78 is 25.4. The number of hydrogen-bond donors (Lipinski definition) is 1. The molecule has 0 aliphatic carbocycles. The summed E-state index contributed by atoms with van der Waals surface area (Å²) in [6, 6.07) is 3.18. The Balaban J connectivity index is 3.07. The summed E-state index contributed by atoms with van der Waals surface area (Å²) in [7, 11) is -3.44. The minimum absolute atomic E-state index is 0.0772. The predicted octanol–water partition coefficient (Wildman–Crippen LogP) is 0.571. The SMILES string of the molecule is CCN(CC)S(=O)(=O)c1ccc(CN)cn1. The highest BCUT2D eigenvalue weighted by Gasteiger charge is 2.22. The highest BCUT2D eigenvalue weighted by Crippen LogP contribution is 2.12. The van der Waals surface area contributed by atoms with Crippen LogP contribution < -0.4 is 5.73 Å². The zero-order valence-electron chi connectivity index (χ0n) is 9.55. The third-order valence-corrected chi connectivity index (χ3v) is 4.31. The maximum absolute atomic E-state index is 12.0. The molecule has 5 nitrogen and oxygen atoms in total. The van der Waals surface area contributed by atoms with E-state index in [9.17, 15) is 8.42 Å². The third kappa shape index (κ3) is 2.58. The second kappa shape index (κ2) is 5.38. The van der Waals surface area contributed by atoms with Crippen LogP contribution in [0.4, 0.5) is 0 Å². The predicted molar refractivity (Wildman–Crippen MR) is 62.2 cm³/mol. The lowest BCUT2D eigenvalue weighted by atomic mass is 10.3. The van der Waals surface area contributed by atoms with Crippen LogP contribution in [0.1, 0.15) is 19.4 Å². The molecule has 0 radical (unpaired) electrons. The van der Waals surface area contributed by atoms with E-state index in [0.717, 1.165) is 5.56 Å². The number of nitrogens with zero attached hydrogens (tertiary/aromatic N) is 2. The third-order valence-electron chi connectivity index (χ3n) is 2.34. The zero-order chi connectivity index (χ0) is 12.2. The van der Waals surface area contributed by atoms with Crippen LogP contribution in [0, 0.1) is 0 Å². The Hall–Kier alpha value is -0.980. The van der Waals surface area contributed by atoms with Crippen LogP contribution in [-0.4, -0.2) is 30.8 Å². The summed E-state index contributed by atoms with van der Waals surface area (Å²) in [5.74, 6) is 0. The van der Waals surface area contributed by atoms with Crippen LogP contribution in [0.15, 0.2) is 23.4 Å². The van der Waals surface area contributed by atoms with Gasteiger partial charge in [-0.2, -0.15) is 4.31 Å². The molecule has 0 aliphatic heterocycles. The monoisotopic (exact) mass is 243 g/mol. The van der Waals surface area contributed by atoms with Gasteiger partial charge >= 0.3 is 0 Å². The molecule has 0 unspecified atom stereocenters. The van der Waals surface area contributed by atoms with Gasteiger partial charge in [0.15, 0.2) is 5.03 Å². The van der Waals surface area contributed by atoms with Crippen molar-refractivity contribution in [3.63, 3.8) is 0 Å². The summed E-state index contributed by atoms with van der Waals surface area (Å²) >= 11 is 0. The van der Waals surface area contributed by atoms with Crippen LogP contribution in [-0.2, 0) is 16.6 Å². The summed E-state index contributed by atoms with van der Waals surface area (Å²) in [6.45, 7) is 4.85. The van der Waals surface area contributed by atoms with E-state index in [2.05, 4.69) is 4.98 Å². The highest BCUT2D eigenvalue weighted by molar-refractivity contribution is 7.89. The van der Waals surface area contributed by atoms with E-state index in [1.54, 1.807) is 19.9 Å². The molecule has 1 heterocycles. The molecule has 16 heavy (non-hydrogen) atoms. The van der Waals surface area contributed by atoms with Gasteiger partial charge in [-0.15, -0.1) is 0 Å². The number of pyridine rings is 1. The quantitative estimate of drug-likeness (QED) is 0.820. The summed E-state index contributed by atoms with van der Waals surface area (Å²) in [5.41, 5.74) is 6.24. The molecule has 0 saturated heterocycles. The summed E-state index contributed by atoms with van der Waals surface area (Å²) in [6.07, 6.45) is 1.50. The Kier molecular flexibility index (Phi) is 4.40. The summed E-state index contributed by atoms with van der Waals surface area (Å²) in [4.78, 5) is 3.93. The average molecular weight is 243 g/mol. The topological polar surface area (TPSA) is 76.3 Å². The molecule has 0 aromatic carbocycles. The molecule has 0 amide bonds. The van der Waals surface area contributed by atoms with Crippen molar-refractivity contribution in [2.75, 3.05) is 13.1 Å². The van der Waals surface area contributed by atoms with Crippen molar-refractivity contribution in [1.29, 1.82) is 0 Å². The molecule has 0 spiro atoms. The average Bonchev–Trinajstić information content (AvgIpc) is 2.30. The van der Waals surface area contributed by atoms with E-state index in [4.69, 9.17) is 5.73 Å². The van der Waals surface area contributed by atoms with Crippen LogP contribution in [0.3, 0.4) is 0 Å². The minimum atomic E-state index is -3.44. The minimum Gasteiger partial charge on any atom is -0.326 e. The first-order chi connectivity index (χ1) is 7.56. The lowest BCUT2D eigenvalue weighted by Crippen LogP contribution is -2.31. The van der Waals surface area contributed by atoms with Crippen molar-refractivity contribution < 1.29 is 8.42 Å². The van der Waals surface area contributed by atoms with Gasteiger partial charge in [0.2, 0.25) is 0 Å². The van der Waals surface area contributed by atoms with Gasteiger partial charge in [-0.1, -0.05) is 19.9 Å². The van der Waals surface area contributed by atoms with E-state index in [1.165, 1.54) is 16.6 Å². The molecule has 0 atom stereocenters. The van der Waals surface area contributed by atoms with E-state index in [0.29, 0.717) is 19.6 Å². The number of sulfonamides is 1. The summed E-state index contributed by atoms with van der Waals surface area (Å²) in [5, 5.41) is 0.0772. The molecule has 0 aliphatic rings. The van der Waals surface area contributed by atoms with Crippen molar-refractivity contribution in [3.8, 4) is 0 Å². The Bertz CT molecular complexity index is 424. The van der Waals surface area contributed by atoms with Gasteiger partial charge in [-0.3, -0.25) is 0 Å². The molecule has 6 heteroatoms. The smallest absolute Gasteiger partial charge is 0.260 e. The maximum atomic E-state index is 12.0. The van der Waals surface area contributed by atoms with Crippen molar-refractivity contribution in [3.05, 3.63) is 23.9 Å². The van der Waals surface area contributed by atoms with Crippen LogP contribution in [0.2, 0.25) is 0 Å². The molecule has 0 bridgehead atoms. The lowest BCUT2D eigenvalue weighted by Gasteiger charge is -2.17. The van der Waals surface area contributed by atoms with Gasteiger partial charge < -0.3 is 5.73 Å². The Morgan fingerprint density at radius 2 is 1.94 bits per heavy atom. The molecular formula is C10H17N3O2S. The van der Waals surface area contributed by atoms with Gasteiger partial charge in [0.25, 0.3) is 10.0 Å². The fourth-order valence-electron chi connectivity index (χ4n) is 1.38. The number of aromatic nitrogens is 1. The fraction of sp³-hybridized carbons (Fsp3) is 0.500. The number of hydrogen-bond acceptors (Lipinski definition) is 4. The normalized spacial score (nSPS) is 12.0. The van der Waals surface area contributed by atoms with Gasteiger partial charge in [-0.05, 0) is 11.6 Å². The first-order valence-electron chi connectivity index (χ1n) is 5.21. The standard InChI is InChI=1S/C10H17N3O2S/c1-3-13(4-2)16(14,15)10-6-5-9(7-11)8-12-10/h5-6,8H,3-4,7,11H2,1-2H3. The van der Waals surface area contributed by atoms with Crippen molar-refractivity contribution in [2.45, 2.75) is 25.4 Å².